The van der Waals surface area contributed by atoms with Crippen molar-refractivity contribution in [1.29, 1.82) is 0 Å². The smallest absolute Gasteiger partial charge is 0.416 e. The van der Waals surface area contributed by atoms with Crippen molar-refractivity contribution in [2.75, 3.05) is 13.6 Å². The van der Waals surface area contributed by atoms with Crippen LogP contribution in [-0.2, 0) is 12.7 Å². The topological polar surface area (TPSA) is 12.5 Å². The molecule has 0 saturated carbocycles. The van der Waals surface area contributed by atoms with Gasteiger partial charge in [0.15, 0.2) is 0 Å². The number of halogens is 4. The van der Waals surface area contributed by atoms with E-state index in [1.54, 1.807) is 12.1 Å². The summed E-state index contributed by atoms with van der Waals surface area (Å²) in [6.07, 6.45) is -4.22. The second-order valence-corrected chi connectivity index (χ2v) is 7.19. The Balaban J connectivity index is 1.69. The number of hydrogen-bond acceptors (Lipinski definition) is 2. The molecule has 2 nitrogen and oxygen atoms in total. The monoisotopic (exact) mass is 417 g/mol. The van der Waals surface area contributed by atoms with Gasteiger partial charge in [-0.1, -0.05) is 42.5 Å². The molecule has 0 N–H and O–H groups in total. The summed E-state index contributed by atoms with van der Waals surface area (Å²) >= 11 is 0. The maximum absolute atomic E-state index is 13.3. The van der Waals surface area contributed by atoms with Crippen LogP contribution in [0, 0.1) is 5.82 Å². The van der Waals surface area contributed by atoms with Crippen molar-refractivity contribution in [2.45, 2.75) is 25.2 Å². The summed E-state index contributed by atoms with van der Waals surface area (Å²) in [4.78, 5) is 2.14. The molecular formula is C24H23F4NO. The molecule has 30 heavy (non-hydrogen) atoms. The Bertz CT molecular complexity index is 909. The van der Waals surface area contributed by atoms with Crippen LogP contribution < -0.4 is 4.74 Å². The number of ether oxygens (including phenoxy) is 1. The predicted octanol–water partition coefficient (Wildman–Crippen LogP) is 6.49. The highest BCUT2D eigenvalue weighted by Crippen LogP contribution is 2.32. The van der Waals surface area contributed by atoms with Crippen LogP contribution in [0.1, 0.15) is 29.2 Å². The second kappa shape index (κ2) is 9.76. The Morgan fingerprint density at radius 1 is 0.867 bits per heavy atom. The summed E-state index contributed by atoms with van der Waals surface area (Å²) in [5, 5.41) is 0. The average molecular weight is 417 g/mol. The van der Waals surface area contributed by atoms with Crippen molar-refractivity contribution in [2.24, 2.45) is 0 Å². The van der Waals surface area contributed by atoms with Crippen molar-refractivity contribution in [1.82, 2.24) is 4.90 Å². The van der Waals surface area contributed by atoms with Crippen molar-refractivity contribution in [3.63, 3.8) is 0 Å². The number of alkyl halides is 3. The molecule has 3 rings (SSSR count). The van der Waals surface area contributed by atoms with E-state index < -0.39 is 17.8 Å². The second-order valence-electron chi connectivity index (χ2n) is 7.19. The lowest BCUT2D eigenvalue weighted by Crippen LogP contribution is -2.22. The molecule has 0 aliphatic heterocycles. The van der Waals surface area contributed by atoms with Crippen LogP contribution in [0.2, 0.25) is 0 Å². The summed E-state index contributed by atoms with van der Waals surface area (Å²) in [5.74, 6) is -0.0173. The number of nitrogens with zero attached hydrogens (tertiary/aromatic N) is 1. The van der Waals surface area contributed by atoms with Crippen LogP contribution in [0.4, 0.5) is 17.6 Å². The molecule has 3 aromatic rings. The summed E-state index contributed by atoms with van der Waals surface area (Å²) in [5.41, 5.74) is 1.22. The maximum Gasteiger partial charge on any atom is 0.416 e. The van der Waals surface area contributed by atoms with Crippen LogP contribution >= 0.6 is 0 Å². The van der Waals surface area contributed by atoms with Gasteiger partial charge in [-0.3, -0.25) is 0 Å². The Hall–Kier alpha value is -2.86. The highest BCUT2D eigenvalue weighted by Gasteiger charge is 2.30. The van der Waals surface area contributed by atoms with Gasteiger partial charge in [0.25, 0.3) is 0 Å². The summed E-state index contributed by atoms with van der Waals surface area (Å²) in [6.45, 7) is 1.45. The normalized spacial score (nSPS) is 12.7. The van der Waals surface area contributed by atoms with Gasteiger partial charge in [-0.2, -0.15) is 13.2 Å². The van der Waals surface area contributed by atoms with Crippen LogP contribution in [0.15, 0.2) is 78.9 Å². The van der Waals surface area contributed by atoms with E-state index >= 15 is 0 Å². The van der Waals surface area contributed by atoms with E-state index in [0.717, 1.165) is 24.2 Å². The zero-order valence-corrected chi connectivity index (χ0v) is 16.6. The van der Waals surface area contributed by atoms with Crippen molar-refractivity contribution in [3.05, 3.63) is 101 Å². The van der Waals surface area contributed by atoms with Gasteiger partial charge >= 0.3 is 6.18 Å². The number of rotatable bonds is 8. The lowest BCUT2D eigenvalue weighted by Gasteiger charge is -2.23. The number of hydrogen-bond donors (Lipinski definition) is 0. The largest absolute Gasteiger partial charge is 0.486 e. The van der Waals surface area contributed by atoms with E-state index in [1.807, 2.05) is 37.4 Å². The van der Waals surface area contributed by atoms with Gasteiger partial charge in [-0.25, -0.2) is 4.39 Å². The molecule has 3 aromatic carbocycles. The first-order valence-electron chi connectivity index (χ1n) is 9.63. The zero-order valence-electron chi connectivity index (χ0n) is 16.6. The van der Waals surface area contributed by atoms with E-state index in [4.69, 9.17) is 4.74 Å². The van der Waals surface area contributed by atoms with Gasteiger partial charge < -0.3 is 9.64 Å². The molecule has 0 heterocycles. The third-order valence-electron chi connectivity index (χ3n) is 4.77. The predicted molar refractivity (Wildman–Crippen MR) is 109 cm³/mol. The Kier molecular flexibility index (Phi) is 7.11. The number of benzene rings is 3. The van der Waals surface area contributed by atoms with Crippen LogP contribution in [0.3, 0.4) is 0 Å². The van der Waals surface area contributed by atoms with E-state index in [2.05, 4.69) is 4.90 Å². The van der Waals surface area contributed by atoms with E-state index in [-0.39, 0.29) is 5.82 Å². The fourth-order valence-corrected chi connectivity index (χ4v) is 3.17. The van der Waals surface area contributed by atoms with Crippen molar-refractivity contribution < 1.29 is 22.3 Å². The molecule has 0 fully saturated rings. The van der Waals surface area contributed by atoms with Gasteiger partial charge in [-0.05, 0) is 54.6 Å². The fraction of sp³-hybridized carbons (Fsp3) is 0.250. The summed E-state index contributed by atoms with van der Waals surface area (Å²) in [7, 11) is 1.99. The van der Waals surface area contributed by atoms with E-state index in [0.29, 0.717) is 18.7 Å². The van der Waals surface area contributed by atoms with Crippen LogP contribution in [-0.4, -0.2) is 18.5 Å². The first-order chi connectivity index (χ1) is 14.3. The fourth-order valence-electron chi connectivity index (χ4n) is 3.17. The molecule has 0 spiro atoms. The quantitative estimate of drug-likeness (QED) is 0.389. The minimum absolute atomic E-state index is 0.336. The van der Waals surface area contributed by atoms with E-state index in [9.17, 15) is 17.6 Å². The molecule has 6 heteroatoms. The maximum atomic E-state index is 13.3. The van der Waals surface area contributed by atoms with Crippen molar-refractivity contribution >= 4 is 0 Å². The molecule has 0 saturated heterocycles. The molecule has 0 aromatic heterocycles. The minimum atomic E-state index is -4.39. The molecular weight excluding hydrogens is 394 g/mol. The molecule has 0 aliphatic carbocycles. The average Bonchev–Trinajstić information content (AvgIpc) is 2.72. The summed E-state index contributed by atoms with van der Waals surface area (Å²) in [6, 6.07) is 20.6. The van der Waals surface area contributed by atoms with Gasteiger partial charge in [0, 0.05) is 19.5 Å². The molecule has 1 atom stereocenters. The molecule has 0 amide bonds. The van der Waals surface area contributed by atoms with Gasteiger partial charge in [-0.15, -0.1) is 0 Å². The molecule has 0 radical (unpaired) electrons. The lowest BCUT2D eigenvalue weighted by molar-refractivity contribution is -0.137. The van der Waals surface area contributed by atoms with Crippen molar-refractivity contribution in [3.8, 4) is 5.75 Å². The standard InChI is InChI=1S/C24H23F4NO/c1-29(17-18-5-3-2-4-6-18)16-15-23(19-7-11-21(25)12-8-19)30-22-13-9-20(10-14-22)24(26,27)28/h2-14,23H,15-17H2,1H3. The van der Waals surface area contributed by atoms with Gasteiger partial charge in [0.05, 0.1) is 5.56 Å². The van der Waals surface area contributed by atoms with Crippen LogP contribution in [0.25, 0.3) is 0 Å². The van der Waals surface area contributed by atoms with Gasteiger partial charge in [0.2, 0.25) is 0 Å². The first-order valence-corrected chi connectivity index (χ1v) is 9.63. The molecule has 0 bridgehead atoms. The summed E-state index contributed by atoms with van der Waals surface area (Å²) < 4.78 is 57.7. The molecule has 0 aliphatic rings. The molecule has 1 unspecified atom stereocenters. The van der Waals surface area contributed by atoms with E-state index in [1.165, 1.54) is 29.8 Å². The minimum Gasteiger partial charge on any atom is -0.486 e. The van der Waals surface area contributed by atoms with Crippen LogP contribution in [0.5, 0.6) is 5.75 Å². The van der Waals surface area contributed by atoms with Gasteiger partial charge in [0.1, 0.15) is 17.7 Å². The lowest BCUT2D eigenvalue weighted by atomic mass is 10.1. The third kappa shape index (κ3) is 6.32. The first kappa shape index (κ1) is 21.8. The highest BCUT2D eigenvalue weighted by molar-refractivity contribution is 5.30. The zero-order chi connectivity index (χ0) is 21.6. The SMILES string of the molecule is CN(CCC(Oc1ccc(C(F)(F)F)cc1)c1ccc(F)cc1)Cc1ccccc1. The Morgan fingerprint density at radius 2 is 1.50 bits per heavy atom. The Labute approximate surface area is 173 Å². The third-order valence-corrected chi connectivity index (χ3v) is 4.77. The Morgan fingerprint density at radius 3 is 2.10 bits per heavy atom. The molecule has 158 valence electrons. The highest BCUT2D eigenvalue weighted by atomic mass is 19.4.